The minimum atomic E-state index is -0.396. The fraction of sp³-hybridized carbons (Fsp3) is 0.167. The van der Waals surface area contributed by atoms with Crippen molar-refractivity contribution in [3.63, 3.8) is 0 Å². The molecule has 0 saturated heterocycles. The first kappa shape index (κ1) is 11.7. The number of rotatable bonds is 3. The standard InChI is InChI=1S/C12H10BrN3O/c1-17-11-3-2-8(6-10(11)13)9(7-14)12-15-4-5-16-12/h2-6,9H,1H3,(H,15,16). The Bertz CT molecular complexity index is 545. The fourth-order valence-electron chi connectivity index (χ4n) is 1.59. The monoisotopic (exact) mass is 291 g/mol. The Labute approximate surface area is 107 Å². The Morgan fingerprint density at radius 3 is 2.88 bits per heavy atom. The Balaban J connectivity index is 2.40. The number of nitrogens with zero attached hydrogens (tertiary/aromatic N) is 2. The number of halogens is 1. The first-order chi connectivity index (χ1) is 8.26. The number of hydrogen-bond donors (Lipinski definition) is 1. The van der Waals surface area contributed by atoms with E-state index in [0.717, 1.165) is 15.8 Å². The second-order valence-electron chi connectivity index (χ2n) is 3.43. The van der Waals surface area contributed by atoms with Gasteiger partial charge in [-0.3, -0.25) is 0 Å². The van der Waals surface area contributed by atoms with Crippen molar-refractivity contribution in [2.75, 3.05) is 7.11 Å². The molecule has 4 nitrogen and oxygen atoms in total. The van der Waals surface area contributed by atoms with Crippen LogP contribution in [-0.4, -0.2) is 17.1 Å². The van der Waals surface area contributed by atoms with E-state index >= 15 is 0 Å². The van der Waals surface area contributed by atoms with Gasteiger partial charge in [-0.1, -0.05) is 6.07 Å². The molecule has 86 valence electrons. The molecular weight excluding hydrogens is 282 g/mol. The molecule has 0 spiro atoms. The minimum Gasteiger partial charge on any atom is -0.496 e. The van der Waals surface area contributed by atoms with Crippen LogP contribution in [0, 0.1) is 11.3 Å². The number of hydrogen-bond acceptors (Lipinski definition) is 3. The highest BCUT2D eigenvalue weighted by molar-refractivity contribution is 9.10. The van der Waals surface area contributed by atoms with E-state index in [1.807, 2.05) is 18.2 Å². The van der Waals surface area contributed by atoms with E-state index in [9.17, 15) is 5.26 Å². The van der Waals surface area contributed by atoms with Gasteiger partial charge in [0.15, 0.2) is 0 Å². The van der Waals surface area contributed by atoms with Gasteiger partial charge in [-0.2, -0.15) is 5.26 Å². The quantitative estimate of drug-likeness (QED) is 0.946. The number of H-pyrrole nitrogens is 1. The lowest BCUT2D eigenvalue weighted by atomic mass is 10.00. The molecule has 0 fully saturated rings. The van der Waals surface area contributed by atoms with Crippen LogP contribution in [0.15, 0.2) is 35.1 Å². The summed E-state index contributed by atoms with van der Waals surface area (Å²) in [6.07, 6.45) is 3.34. The van der Waals surface area contributed by atoms with Crippen LogP contribution in [0.1, 0.15) is 17.3 Å². The average molecular weight is 292 g/mol. The fourth-order valence-corrected chi connectivity index (χ4v) is 2.15. The van der Waals surface area contributed by atoms with E-state index in [0.29, 0.717) is 5.82 Å². The minimum absolute atomic E-state index is 0.396. The van der Waals surface area contributed by atoms with Crippen LogP contribution in [0.5, 0.6) is 5.75 Å². The number of nitrogens with one attached hydrogen (secondary N) is 1. The molecule has 2 rings (SSSR count). The topological polar surface area (TPSA) is 61.7 Å². The lowest BCUT2D eigenvalue weighted by Crippen LogP contribution is -2.00. The van der Waals surface area contributed by atoms with Crippen LogP contribution < -0.4 is 4.74 Å². The average Bonchev–Trinajstić information content (AvgIpc) is 2.84. The molecule has 0 aliphatic rings. The summed E-state index contributed by atoms with van der Waals surface area (Å²) in [6.45, 7) is 0. The maximum atomic E-state index is 9.21. The van der Waals surface area contributed by atoms with Gasteiger partial charge in [0, 0.05) is 12.4 Å². The highest BCUT2D eigenvalue weighted by Crippen LogP contribution is 2.30. The van der Waals surface area contributed by atoms with Crippen LogP contribution in [0.2, 0.25) is 0 Å². The highest BCUT2D eigenvalue weighted by Gasteiger charge is 2.16. The van der Waals surface area contributed by atoms with Crippen LogP contribution >= 0.6 is 15.9 Å². The highest BCUT2D eigenvalue weighted by atomic mass is 79.9. The molecule has 0 radical (unpaired) electrons. The van der Waals surface area contributed by atoms with E-state index in [-0.39, 0.29) is 0 Å². The van der Waals surface area contributed by atoms with Crippen molar-refractivity contribution in [1.82, 2.24) is 9.97 Å². The Morgan fingerprint density at radius 1 is 1.53 bits per heavy atom. The second kappa shape index (κ2) is 5.02. The van der Waals surface area contributed by atoms with Crippen molar-refractivity contribution in [2.24, 2.45) is 0 Å². The van der Waals surface area contributed by atoms with Gasteiger partial charge >= 0.3 is 0 Å². The van der Waals surface area contributed by atoms with E-state index in [4.69, 9.17) is 4.74 Å². The van der Waals surface area contributed by atoms with Gasteiger partial charge in [0.1, 0.15) is 17.5 Å². The molecule has 1 atom stereocenters. The zero-order chi connectivity index (χ0) is 12.3. The molecule has 5 heteroatoms. The summed E-state index contributed by atoms with van der Waals surface area (Å²) in [6, 6.07) is 7.79. The van der Waals surface area contributed by atoms with E-state index < -0.39 is 5.92 Å². The molecule has 0 aliphatic carbocycles. The molecular formula is C12H10BrN3O. The van der Waals surface area contributed by atoms with Crippen molar-refractivity contribution in [1.29, 1.82) is 5.26 Å². The van der Waals surface area contributed by atoms with Crippen molar-refractivity contribution in [3.8, 4) is 11.8 Å². The van der Waals surface area contributed by atoms with Crippen molar-refractivity contribution in [3.05, 3.63) is 46.5 Å². The summed E-state index contributed by atoms with van der Waals surface area (Å²) >= 11 is 3.40. The Kier molecular flexibility index (Phi) is 3.45. The predicted octanol–water partition coefficient (Wildman–Crippen LogP) is 2.84. The zero-order valence-corrected chi connectivity index (χ0v) is 10.7. The van der Waals surface area contributed by atoms with Crippen molar-refractivity contribution < 1.29 is 4.74 Å². The summed E-state index contributed by atoms with van der Waals surface area (Å²) in [5, 5.41) is 9.21. The van der Waals surface area contributed by atoms with Gasteiger partial charge in [0.25, 0.3) is 0 Å². The number of methoxy groups -OCH3 is 1. The maximum absolute atomic E-state index is 9.21. The van der Waals surface area contributed by atoms with Crippen LogP contribution in [-0.2, 0) is 0 Å². The molecule has 0 bridgehead atoms. The molecule has 0 saturated carbocycles. The first-order valence-corrected chi connectivity index (χ1v) is 5.78. The third-order valence-electron chi connectivity index (χ3n) is 2.43. The number of aromatic nitrogens is 2. The smallest absolute Gasteiger partial charge is 0.133 e. The third-order valence-corrected chi connectivity index (χ3v) is 3.05. The Morgan fingerprint density at radius 2 is 2.35 bits per heavy atom. The van der Waals surface area contributed by atoms with Gasteiger partial charge in [-0.15, -0.1) is 0 Å². The van der Waals surface area contributed by atoms with Gasteiger partial charge in [0.2, 0.25) is 0 Å². The molecule has 1 heterocycles. The molecule has 1 aromatic carbocycles. The molecule has 1 N–H and O–H groups in total. The van der Waals surface area contributed by atoms with Crippen molar-refractivity contribution in [2.45, 2.75) is 5.92 Å². The van der Waals surface area contributed by atoms with Gasteiger partial charge in [0.05, 0.1) is 17.7 Å². The molecule has 1 unspecified atom stereocenters. The SMILES string of the molecule is COc1ccc(C(C#N)c2ncc[nH]2)cc1Br. The van der Waals surface area contributed by atoms with Crippen LogP contribution in [0.3, 0.4) is 0 Å². The zero-order valence-electron chi connectivity index (χ0n) is 9.14. The molecule has 2 aromatic rings. The summed E-state index contributed by atoms with van der Waals surface area (Å²) in [5.74, 6) is 0.988. The van der Waals surface area contributed by atoms with Crippen LogP contribution in [0.25, 0.3) is 0 Å². The molecule has 0 aliphatic heterocycles. The van der Waals surface area contributed by atoms with Crippen LogP contribution in [0.4, 0.5) is 0 Å². The summed E-state index contributed by atoms with van der Waals surface area (Å²) < 4.78 is 5.97. The summed E-state index contributed by atoms with van der Waals surface area (Å²) in [7, 11) is 1.61. The molecule has 1 aromatic heterocycles. The van der Waals surface area contributed by atoms with E-state index in [1.54, 1.807) is 19.5 Å². The summed E-state index contributed by atoms with van der Waals surface area (Å²) in [4.78, 5) is 7.07. The second-order valence-corrected chi connectivity index (χ2v) is 4.28. The number of benzene rings is 1. The summed E-state index contributed by atoms with van der Waals surface area (Å²) in [5.41, 5.74) is 0.870. The normalized spacial score (nSPS) is 11.8. The lowest BCUT2D eigenvalue weighted by Gasteiger charge is -2.09. The number of ether oxygens (including phenoxy) is 1. The Hall–Kier alpha value is -1.80. The maximum Gasteiger partial charge on any atom is 0.133 e. The molecule has 0 amide bonds. The largest absolute Gasteiger partial charge is 0.496 e. The van der Waals surface area contributed by atoms with Gasteiger partial charge < -0.3 is 9.72 Å². The number of imidazole rings is 1. The van der Waals surface area contributed by atoms with Gasteiger partial charge in [-0.25, -0.2) is 4.98 Å². The van der Waals surface area contributed by atoms with E-state index in [1.165, 1.54) is 0 Å². The lowest BCUT2D eigenvalue weighted by molar-refractivity contribution is 0.412. The van der Waals surface area contributed by atoms with Crippen molar-refractivity contribution >= 4 is 15.9 Å². The number of nitriles is 1. The van der Waals surface area contributed by atoms with E-state index in [2.05, 4.69) is 32.0 Å². The third kappa shape index (κ3) is 2.32. The van der Waals surface area contributed by atoms with Gasteiger partial charge in [-0.05, 0) is 33.6 Å². The number of aromatic amines is 1. The predicted molar refractivity (Wildman–Crippen MR) is 66.7 cm³/mol. The first-order valence-electron chi connectivity index (χ1n) is 4.98. The molecule has 17 heavy (non-hydrogen) atoms.